The van der Waals surface area contributed by atoms with E-state index < -0.39 is 27.5 Å². The minimum absolute atomic E-state index is 0.0883. The third kappa shape index (κ3) is 15.0. The van der Waals surface area contributed by atoms with Gasteiger partial charge in [0.1, 0.15) is 16.7 Å². The topological polar surface area (TPSA) is 169 Å². The van der Waals surface area contributed by atoms with E-state index in [4.69, 9.17) is 14.9 Å². The van der Waals surface area contributed by atoms with E-state index in [1.54, 1.807) is 11.0 Å². The van der Waals surface area contributed by atoms with Gasteiger partial charge >= 0.3 is 17.9 Å². The van der Waals surface area contributed by atoms with Crippen molar-refractivity contribution in [3.05, 3.63) is 89.2 Å². The lowest BCUT2D eigenvalue weighted by Crippen LogP contribution is -3.11. The Labute approximate surface area is 377 Å². The number of carboxylic acids is 2. The van der Waals surface area contributed by atoms with Gasteiger partial charge in [-0.1, -0.05) is 49.1 Å². The van der Waals surface area contributed by atoms with Crippen molar-refractivity contribution in [2.45, 2.75) is 148 Å². The van der Waals surface area contributed by atoms with E-state index in [0.29, 0.717) is 51.5 Å². The zero-order valence-electron chi connectivity index (χ0n) is 39.1. The highest BCUT2D eigenvalue weighted by Crippen LogP contribution is 2.51. The normalized spacial score (nSPS) is 17.4. The molecule has 0 saturated heterocycles. The Bertz CT molecular complexity index is 2090. The molecule has 4 rings (SSSR count). The molecule has 0 aliphatic carbocycles. The number of fused-ring (bicyclic) bond motifs is 2. The first kappa shape index (κ1) is 52.8. The minimum Gasteiger partial charge on any atom is -0.744 e. The maximum absolute atomic E-state index is 12.2. The number of hydrogen-bond donors (Lipinski definition) is 3. The zero-order valence-corrected chi connectivity index (χ0v) is 40.0. The number of anilines is 1. The van der Waals surface area contributed by atoms with Crippen molar-refractivity contribution < 1.29 is 51.8 Å². The molecule has 0 radical (unpaired) electrons. The summed E-state index contributed by atoms with van der Waals surface area (Å²) >= 11 is 0. The third-order valence-electron chi connectivity index (χ3n) is 12.6. The van der Waals surface area contributed by atoms with Crippen molar-refractivity contribution in [2.24, 2.45) is 0 Å². The van der Waals surface area contributed by atoms with Crippen molar-refractivity contribution in [1.82, 2.24) is 0 Å². The van der Waals surface area contributed by atoms with E-state index in [0.717, 1.165) is 60.6 Å². The van der Waals surface area contributed by atoms with Crippen LogP contribution in [0.3, 0.4) is 0 Å². The smallest absolute Gasteiger partial charge is 0.305 e. The van der Waals surface area contributed by atoms with Crippen LogP contribution in [0.2, 0.25) is 0 Å². The van der Waals surface area contributed by atoms with Crippen LogP contribution in [0.1, 0.15) is 142 Å². The minimum atomic E-state index is -4.71. The summed E-state index contributed by atoms with van der Waals surface area (Å²) in [7, 11) is -3.34. The summed E-state index contributed by atoms with van der Waals surface area (Å²) in [6.45, 7) is 20.4. The molecule has 2 aromatic rings. The molecule has 13 heteroatoms. The van der Waals surface area contributed by atoms with E-state index >= 15 is 0 Å². The van der Waals surface area contributed by atoms with Crippen LogP contribution in [0.5, 0.6) is 0 Å². The van der Waals surface area contributed by atoms with Crippen molar-refractivity contribution in [1.29, 1.82) is 0 Å². The van der Waals surface area contributed by atoms with Crippen LogP contribution in [0.25, 0.3) is 0 Å². The molecule has 1 atom stereocenters. The molecular weight excluding hydrogens is 819 g/mol. The van der Waals surface area contributed by atoms with E-state index in [9.17, 15) is 27.4 Å². The van der Waals surface area contributed by atoms with Gasteiger partial charge in [-0.2, -0.15) is 4.58 Å². The number of esters is 1. The lowest BCUT2D eigenvalue weighted by atomic mass is 9.77. The molecule has 348 valence electrons. The summed E-state index contributed by atoms with van der Waals surface area (Å²) in [6.07, 6.45) is 17.8. The molecule has 2 aromatic carbocycles. The second-order valence-corrected chi connectivity index (χ2v) is 18.8. The number of carboxylic acid groups (broad SMARTS) is 2. The number of aliphatic carboxylic acids is 2. The Balaban J connectivity index is 0.00000139. The van der Waals surface area contributed by atoms with Crippen LogP contribution in [0, 0.1) is 6.92 Å². The molecule has 1 unspecified atom stereocenters. The summed E-state index contributed by atoms with van der Waals surface area (Å²) in [5.74, 6) is -1.88. The number of hydrogen-bond acceptors (Lipinski definition) is 8. The van der Waals surface area contributed by atoms with Crippen molar-refractivity contribution in [3.8, 4) is 0 Å². The lowest BCUT2D eigenvalue weighted by Gasteiger charge is -2.30. The zero-order chi connectivity index (χ0) is 46.8. The first-order valence-electron chi connectivity index (χ1n) is 22.9. The molecule has 0 fully saturated rings. The van der Waals surface area contributed by atoms with Gasteiger partial charge in [-0.15, -0.1) is 0 Å². The maximum atomic E-state index is 12.2. The van der Waals surface area contributed by atoms with Crippen LogP contribution < -0.4 is 9.80 Å². The van der Waals surface area contributed by atoms with Gasteiger partial charge in [-0.25, -0.2) is 8.42 Å². The van der Waals surface area contributed by atoms with Crippen LogP contribution in [0.15, 0.2) is 77.4 Å². The first-order chi connectivity index (χ1) is 29.8. The molecule has 63 heavy (non-hydrogen) atoms. The average Bonchev–Trinajstić information content (AvgIpc) is 3.58. The van der Waals surface area contributed by atoms with Gasteiger partial charge in [0.25, 0.3) is 0 Å². The van der Waals surface area contributed by atoms with Gasteiger partial charge in [-0.05, 0) is 123 Å². The predicted octanol–water partition coefficient (Wildman–Crippen LogP) is 8.39. The second-order valence-electron chi connectivity index (χ2n) is 17.5. The third-order valence-corrected chi connectivity index (χ3v) is 13.4. The number of methoxy groups -OCH3 is 1. The fourth-order valence-electron chi connectivity index (χ4n) is 8.80. The van der Waals surface area contributed by atoms with Gasteiger partial charge < -0.3 is 29.3 Å². The number of carbonyl (C=O) groups excluding carboxylic acids is 1. The maximum Gasteiger partial charge on any atom is 0.305 e. The summed E-state index contributed by atoms with van der Waals surface area (Å²) in [5.41, 5.74) is 6.34. The number of quaternary nitrogens is 1. The number of allylic oxidation sites excluding steroid dienone is 6. The number of nitrogens with one attached hydrogen (secondary N) is 1. The Morgan fingerprint density at radius 2 is 1.41 bits per heavy atom. The molecule has 2 aliphatic rings. The highest BCUT2D eigenvalue weighted by molar-refractivity contribution is 7.85. The van der Waals surface area contributed by atoms with Crippen LogP contribution in [0.4, 0.5) is 11.4 Å². The molecule has 3 N–H and O–H groups in total. The Morgan fingerprint density at radius 3 is 2.00 bits per heavy atom. The van der Waals surface area contributed by atoms with E-state index in [1.807, 2.05) is 24.3 Å². The Kier molecular flexibility index (Phi) is 21.0. The SMILES string of the molecule is CC[NH+](CC)CC.COC(=O)CCCCCC1(C)C(=CC=CC=CC2=[N+](CCCCCC(=O)O)c3ccc(C)cc3C2(C)C)N(CCCCCC(=O)O)c2ccc(S(=O)(=O)[O-])cc21. The van der Waals surface area contributed by atoms with Gasteiger partial charge in [0.2, 0.25) is 5.69 Å². The van der Waals surface area contributed by atoms with E-state index in [2.05, 4.69) is 82.2 Å². The molecule has 2 heterocycles. The molecule has 0 saturated carbocycles. The van der Waals surface area contributed by atoms with Crippen LogP contribution >= 0.6 is 0 Å². The van der Waals surface area contributed by atoms with E-state index in [1.165, 1.54) is 50.0 Å². The predicted molar refractivity (Wildman–Crippen MR) is 249 cm³/mol. The van der Waals surface area contributed by atoms with Gasteiger partial charge in [0, 0.05) is 66.7 Å². The number of nitrogens with zero attached hydrogens (tertiary/aromatic N) is 2. The Morgan fingerprint density at radius 1 is 0.794 bits per heavy atom. The van der Waals surface area contributed by atoms with Crippen molar-refractivity contribution in [2.75, 3.05) is 44.7 Å². The van der Waals surface area contributed by atoms with E-state index in [-0.39, 0.29) is 29.1 Å². The number of ether oxygens (including phenoxy) is 1. The standard InChI is InChI=1S/C44H58N2O9S.C6H15N/c1-32-23-25-36-34(30-32)43(2,3)38(45(36)28-16-8-12-20-40(47)48)18-10-6-11-19-39-44(4,27-15-7-14-22-42(51)55-5)35-31-33(56(52,53)54)24-26-37(35)46(39)29-17-9-13-21-41(49)50;1-4-7(5-2)6-3/h6,10-11,18-19,23-26,30-31H,7-9,12-17,20-22,27-29H2,1-5H3,(H2-,47,48,49,50,52,53,54);4-6H2,1-3H3/p+1. The van der Waals surface area contributed by atoms with Crippen molar-refractivity contribution >= 4 is 45.1 Å². The summed E-state index contributed by atoms with van der Waals surface area (Å²) in [5, 5.41) is 18.2. The molecule has 0 bridgehead atoms. The molecule has 0 aromatic heterocycles. The monoisotopic (exact) mass is 893 g/mol. The fourth-order valence-corrected chi connectivity index (χ4v) is 9.30. The number of rotatable bonds is 25. The van der Waals surface area contributed by atoms with Crippen LogP contribution in [-0.2, 0) is 40.1 Å². The lowest BCUT2D eigenvalue weighted by molar-refractivity contribution is -0.894. The molecule has 0 amide bonds. The van der Waals surface area contributed by atoms with Crippen molar-refractivity contribution in [3.63, 3.8) is 0 Å². The summed E-state index contributed by atoms with van der Waals surface area (Å²) in [6, 6.07) is 11.1. The fraction of sp³-hybridized carbons (Fsp3) is 0.560. The molecule has 0 spiro atoms. The molecule has 12 nitrogen and oxygen atoms in total. The number of benzene rings is 2. The molecule has 2 aliphatic heterocycles. The first-order valence-corrected chi connectivity index (χ1v) is 24.3. The van der Waals surface area contributed by atoms with Crippen LogP contribution in [-0.4, -0.2) is 91.2 Å². The largest absolute Gasteiger partial charge is 0.744 e. The second kappa shape index (κ2) is 25.0. The van der Waals surface area contributed by atoms with Gasteiger partial charge in [0.05, 0.1) is 37.1 Å². The average molecular weight is 893 g/mol. The highest BCUT2D eigenvalue weighted by Gasteiger charge is 2.45. The highest BCUT2D eigenvalue weighted by atomic mass is 32.2. The number of carbonyl (C=O) groups is 3. The number of unbranched alkanes of at least 4 members (excludes halogenated alkanes) is 6. The summed E-state index contributed by atoms with van der Waals surface area (Å²) < 4.78 is 43.7. The molecular formula is C50H74N3O9S+. The van der Waals surface area contributed by atoms with Gasteiger partial charge in [-0.3, -0.25) is 14.4 Å². The quantitative estimate of drug-likeness (QED) is 0.0290. The summed E-state index contributed by atoms with van der Waals surface area (Å²) in [4.78, 5) is 37.5. The Hall–Kier alpha value is -4.59. The number of aryl methyl sites for hydroxylation is 1. The van der Waals surface area contributed by atoms with Gasteiger partial charge in [0.15, 0.2) is 5.71 Å².